The molecule has 2 N–H and O–H groups in total. The van der Waals surface area contributed by atoms with Crippen molar-refractivity contribution >= 4 is 44.1 Å². The number of hydrogen-bond donors (Lipinski definition) is 2. The van der Waals surface area contributed by atoms with Gasteiger partial charge in [0.25, 0.3) is 10.0 Å². The number of pyridine rings is 1. The number of rotatable bonds is 4. The van der Waals surface area contributed by atoms with Gasteiger partial charge in [-0.05, 0) is 59.0 Å². The Morgan fingerprint density at radius 2 is 1.84 bits per heavy atom. The molecule has 0 unspecified atom stereocenters. The number of nitrogens with zero attached hydrogens (tertiary/aromatic N) is 1. The lowest BCUT2D eigenvalue weighted by Crippen LogP contribution is -2.15. The van der Waals surface area contributed by atoms with Crippen molar-refractivity contribution in [3.8, 4) is 0 Å². The van der Waals surface area contributed by atoms with Crippen molar-refractivity contribution < 1.29 is 8.42 Å². The molecule has 0 bridgehead atoms. The van der Waals surface area contributed by atoms with Crippen LogP contribution < -0.4 is 10.0 Å². The van der Waals surface area contributed by atoms with E-state index in [0.717, 1.165) is 3.57 Å². The average Bonchev–Trinajstić information content (AvgIpc) is 2.41. The molecule has 0 fully saturated rings. The fourth-order valence-corrected chi connectivity index (χ4v) is 3.11. The third-order valence-corrected chi connectivity index (χ3v) is 4.53. The summed E-state index contributed by atoms with van der Waals surface area (Å²) < 4.78 is 28.1. The normalized spacial score (nSPS) is 11.1. The Hall–Kier alpha value is -1.35. The number of hydrogen-bond acceptors (Lipinski definition) is 4. The summed E-state index contributed by atoms with van der Waals surface area (Å²) in [7, 11) is -2.02. The highest BCUT2D eigenvalue weighted by atomic mass is 127. The van der Waals surface area contributed by atoms with Crippen molar-refractivity contribution in [2.75, 3.05) is 17.1 Å². The summed E-state index contributed by atoms with van der Waals surface area (Å²) in [5, 5.41) is 2.77. The zero-order chi connectivity index (χ0) is 13.9. The molecule has 0 amide bonds. The Kier molecular flexibility index (Phi) is 4.25. The van der Waals surface area contributed by atoms with Gasteiger partial charge >= 0.3 is 0 Å². The predicted octanol–water partition coefficient (Wildman–Crippen LogP) is 2.53. The molecule has 0 spiro atoms. The first kappa shape index (κ1) is 14.1. The van der Waals surface area contributed by atoms with E-state index in [9.17, 15) is 8.42 Å². The zero-order valence-electron chi connectivity index (χ0n) is 10.1. The smallest absolute Gasteiger partial charge is 0.265 e. The molecule has 5 nitrogen and oxygen atoms in total. The van der Waals surface area contributed by atoms with Crippen LogP contribution in [0.2, 0.25) is 0 Å². The van der Waals surface area contributed by atoms with Gasteiger partial charge in [-0.15, -0.1) is 0 Å². The van der Waals surface area contributed by atoms with E-state index < -0.39 is 10.0 Å². The summed E-state index contributed by atoms with van der Waals surface area (Å²) in [6.07, 6.45) is 1.54. The van der Waals surface area contributed by atoms with Crippen molar-refractivity contribution in [1.82, 2.24) is 4.98 Å². The summed E-state index contributed by atoms with van der Waals surface area (Å²) in [4.78, 5) is 4.11. The highest BCUT2D eigenvalue weighted by Crippen LogP contribution is 2.21. The van der Waals surface area contributed by atoms with Crippen LogP contribution in [0.1, 0.15) is 0 Å². The van der Waals surface area contributed by atoms with Crippen LogP contribution in [0.4, 0.5) is 11.5 Å². The minimum absolute atomic E-state index is 0.121. The van der Waals surface area contributed by atoms with Crippen LogP contribution >= 0.6 is 22.6 Å². The van der Waals surface area contributed by atoms with E-state index in [0.29, 0.717) is 11.5 Å². The topological polar surface area (TPSA) is 71.1 Å². The van der Waals surface area contributed by atoms with Gasteiger partial charge in [-0.1, -0.05) is 0 Å². The van der Waals surface area contributed by atoms with Crippen LogP contribution in [0, 0.1) is 3.57 Å². The fraction of sp³-hybridized carbons (Fsp3) is 0.0833. The lowest BCUT2D eigenvalue weighted by Gasteiger charge is -2.11. The van der Waals surface area contributed by atoms with Crippen molar-refractivity contribution in [2.24, 2.45) is 0 Å². The Bertz CT molecular complexity index is 672. The second kappa shape index (κ2) is 5.74. The van der Waals surface area contributed by atoms with E-state index in [2.05, 4.69) is 37.6 Å². The van der Waals surface area contributed by atoms with E-state index in [1.807, 2.05) is 12.1 Å². The predicted molar refractivity (Wildman–Crippen MR) is 83.8 cm³/mol. The van der Waals surface area contributed by atoms with E-state index in [1.54, 1.807) is 25.2 Å². The fourth-order valence-electron chi connectivity index (χ4n) is 1.52. The van der Waals surface area contributed by atoms with Gasteiger partial charge in [0.1, 0.15) is 10.7 Å². The van der Waals surface area contributed by atoms with E-state index in [-0.39, 0.29) is 4.90 Å². The highest BCUT2D eigenvalue weighted by molar-refractivity contribution is 14.1. The molecule has 2 rings (SSSR count). The first-order valence-electron chi connectivity index (χ1n) is 5.44. The number of benzene rings is 1. The second-order valence-corrected chi connectivity index (χ2v) is 6.61. The van der Waals surface area contributed by atoms with Gasteiger partial charge in [0.05, 0.1) is 0 Å². The van der Waals surface area contributed by atoms with Crippen LogP contribution in [-0.4, -0.2) is 20.4 Å². The number of anilines is 2. The maximum absolute atomic E-state index is 12.3. The molecule has 1 aromatic carbocycles. The molecule has 100 valence electrons. The van der Waals surface area contributed by atoms with Gasteiger partial charge in [0, 0.05) is 22.5 Å². The molecule has 7 heteroatoms. The van der Waals surface area contributed by atoms with E-state index in [1.165, 1.54) is 12.3 Å². The van der Waals surface area contributed by atoms with Crippen molar-refractivity contribution in [2.45, 2.75) is 4.90 Å². The maximum Gasteiger partial charge on any atom is 0.265 e. The van der Waals surface area contributed by atoms with Gasteiger partial charge in [0.2, 0.25) is 0 Å². The van der Waals surface area contributed by atoms with Gasteiger partial charge in [-0.3, -0.25) is 4.72 Å². The molecule has 0 aliphatic carbocycles. The first-order chi connectivity index (χ1) is 9.03. The molecule has 0 atom stereocenters. The quantitative estimate of drug-likeness (QED) is 0.789. The summed E-state index contributed by atoms with van der Waals surface area (Å²) in [5.41, 5.74) is 0.520. The lowest BCUT2D eigenvalue weighted by molar-refractivity contribution is 0.601. The Balaban J connectivity index is 2.35. The molecule has 0 aliphatic rings. The molecule has 0 radical (unpaired) electrons. The number of nitrogens with one attached hydrogen (secondary N) is 2. The maximum atomic E-state index is 12.3. The monoisotopic (exact) mass is 389 g/mol. The standard InChI is InChI=1S/C12H12IN3O2S/c1-14-12-11(3-2-8-15-12)19(17,18)16-10-6-4-9(13)5-7-10/h2-8,16H,1H3,(H,14,15). The molecule has 1 heterocycles. The largest absolute Gasteiger partial charge is 0.372 e. The zero-order valence-corrected chi connectivity index (χ0v) is 13.1. The van der Waals surface area contributed by atoms with Crippen molar-refractivity contribution in [3.63, 3.8) is 0 Å². The molecule has 1 aromatic heterocycles. The summed E-state index contributed by atoms with van der Waals surface area (Å²) in [6, 6.07) is 10.2. The molecule has 2 aromatic rings. The van der Waals surface area contributed by atoms with Crippen molar-refractivity contribution in [1.29, 1.82) is 0 Å². The minimum atomic E-state index is -3.65. The molecule has 0 aliphatic heterocycles. The van der Waals surface area contributed by atoms with Crippen LogP contribution in [0.5, 0.6) is 0 Å². The third-order valence-electron chi connectivity index (χ3n) is 2.39. The molecule has 19 heavy (non-hydrogen) atoms. The Morgan fingerprint density at radius 1 is 1.16 bits per heavy atom. The summed E-state index contributed by atoms with van der Waals surface area (Å²) >= 11 is 2.16. The van der Waals surface area contributed by atoms with Gasteiger partial charge in [-0.2, -0.15) is 0 Å². The van der Waals surface area contributed by atoms with E-state index >= 15 is 0 Å². The number of aromatic nitrogens is 1. The number of sulfonamides is 1. The van der Waals surface area contributed by atoms with Crippen LogP contribution in [0.3, 0.4) is 0 Å². The molecule has 0 saturated carbocycles. The summed E-state index contributed by atoms with van der Waals surface area (Å²) in [5.74, 6) is 0.320. The molecular weight excluding hydrogens is 377 g/mol. The third kappa shape index (κ3) is 3.35. The highest BCUT2D eigenvalue weighted by Gasteiger charge is 2.18. The number of halogens is 1. The van der Waals surface area contributed by atoms with E-state index in [4.69, 9.17) is 0 Å². The van der Waals surface area contributed by atoms with Crippen molar-refractivity contribution in [3.05, 3.63) is 46.2 Å². The SMILES string of the molecule is CNc1ncccc1S(=O)(=O)Nc1ccc(I)cc1. The van der Waals surface area contributed by atoms with Crippen LogP contribution in [0.25, 0.3) is 0 Å². The molecular formula is C12H12IN3O2S. The van der Waals surface area contributed by atoms with Gasteiger partial charge in [-0.25, -0.2) is 13.4 Å². The Labute approximate surface area is 125 Å². The van der Waals surface area contributed by atoms with Crippen LogP contribution in [-0.2, 0) is 10.0 Å². The Morgan fingerprint density at radius 3 is 2.47 bits per heavy atom. The summed E-state index contributed by atoms with van der Waals surface area (Å²) in [6.45, 7) is 0. The average molecular weight is 389 g/mol. The molecule has 0 saturated heterocycles. The van der Waals surface area contributed by atoms with Gasteiger partial charge in [0.15, 0.2) is 0 Å². The van der Waals surface area contributed by atoms with Gasteiger partial charge < -0.3 is 5.32 Å². The lowest BCUT2D eigenvalue weighted by atomic mass is 10.3. The second-order valence-electron chi connectivity index (χ2n) is 3.71. The van der Waals surface area contributed by atoms with Crippen LogP contribution in [0.15, 0.2) is 47.5 Å². The first-order valence-corrected chi connectivity index (χ1v) is 8.00. The minimum Gasteiger partial charge on any atom is -0.372 e.